The second-order valence-electron chi connectivity index (χ2n) is 4.35. The van der Waals surface area contributed by atoms with E-state index >= 15 is 0 Å². The van der Waals surface area contributed by atoms with E-state index in [-0.39, 0.29) is 23.5 Å². The van der Waals surface area contributed by atoms with Crippen molar-refractivity contribution in [3.63, 3.8) is 0 Å². The summed E-state index contributed by atoms with van der Waals surface area (Å²) < 4.78 is 38.0. The fourth-order valence-corrected chi connectivity index (χ4v) is 1.77. The third kappa shape index (κ3) is 3.95. The van der Waals surface area contributed by atoms with Crippen LogP contribution in [0, 0.1) is 15.9 Å². The molecule has 110 valence electrons. The first kappa shape index (κ1) is 14.8. The molecule has 0 saturated heterocycles. The lowest BCUT2D eigenvalue weighted by Gasteiger charge is -2.07. The molecule has 0 saturated carbocycles. The van der Waals surface area contributed by atoms with Gasteiger partial charge in [0.15, 0.2) is 0 Å². The van der Waals surface area contributed by atoms with Crippen LogP contribution < -0.4 is 5.32 Å². The van der Waals surface area contributed by atoms with Gasteiger partial charge in [-0.05, 0) is 11.6 Å². The van der Waals surface area contributed by atoms with Gasteiger partial charge in [-0.15, -0.1) is 0 Å². The lowest BCUT2D eigenvalue weighted by atomic mass is 10.1. The molecule has 2 rings (SSSR count). The van der Waals surface area contributed by atoms with Crippen molar-refractivity contribution in [2.45, 2.75) is 13.0 Å². The number of benzene rings is 2. The first-order valence-electron chi connectivity index (χ1n) is 6.01. The summed E-state index contributed by atoms with van der Waals surface area (Å²) in [6, 6.07) is 8.79. The van der Waals surface area contributed by atoms with Crippen LogP contribution in [0.4, 0.5) is 24.5 Å². The lowest BCUT2D eigenvalue weighted by molar-refractivity contribution is -0.385. The van der Waals surface area contributed by atoms with Gasteiger partial charge in [-0.3, -0.25) is 10.1 Å². The molecule has 4 nitrogen and oxygen atoms in total. The zero-order chi connectivity index (χ0) is 15.4. The molecule has 21 heavy (non-hydrogen) atoms. The zero-order valence-corrected chi connectivity index (χ0v) is 10.7. The van der Waals surface area contributed by atoms with Gasteiger partial charge in [0.25, 0.3) is 12.1 Å². The maximum Gasteiger partial charge on any atom is 0.274 e. The molecule has 0 aliphatic rings. The summed E-state index contributed by atoms with van der Waals surface area (Å²) in [6.07, 6.45) is -2.53. The highest BCUT2D eigenvalue weighted by molar-refractivity contribution is 5.51. The Kier molecular flexibility index (Phi) is 4.42. The van der Waals surface area contributed by atoms with Crippen LogP contribution in [-0.4, -0.2) is 4.92 Å². The SMILES string of the molecule is O=[N+]([O-])c1cc(F)cc(NCc2ccc(C(F)F)cc2)c1. The second kappa shape index (κ2) is 6.25. The number of non-ortho nitro benzene ring substituents is 1. The maximum absolute atomic E-state index is 13.2. The minimum atomic E-state index is -2.53. The molecule has 0 aliphatic carbocycles. The van der Waals surface area contributed by atoms with Gasteiger partial charge in [-0.25, -0.2) is 13.2 Å². The molecule has 0 amide bonds. The van der Waals surface area contributed by atoms with Gasteiger partial charge in [0, 0.05) is 23.9 Å². The van der Waals surface area contributed by atoms with E-state index in [1.807, 2.05) is 0 Å². The van der Waals surface area contributed by atoms with Crippen LogP contribution >= 0.6 is 0 Å². The quantitative estimate of drug-likeness (QED) is 0.661. The molecule has 7 heteroatoms. The Labute approximate surface area is 118 Å². The fraction of sp³-hybridized carbons (Fsp3) is 0.143. The van der Waals surface area contributed by atoms with Crippen LogP contribution in [0.25, 0.3) is 0 Å². The molecule has 1 N–H and O–H groups in total. The van der Waals surface area contributed by atoms with Crippen molar-refractivity contribution < 1.29 is 18.1 Å². The summed E-state index contributed by atoms with van der Waals surface area (Å²) in [4.78, 5) is 9.93. The van der Waals surface area contributed by atoms with Crippen molar-refractivity contribution in [3.05, 3.63) is 69.5 Å². The van der Waals surface area contributed by atoms with Crippen molar-refractivity contribution in [2.24, 2.45) is 0 Å². The van der Waals surface area contributed by atoms with Gasteiger partial charge in [0.05, 0.1) is 11.0 Å². The predicted octanol–water partition coefficient (Wildman–Crippen LogP) is 4.28. The van der Waals surface area contributed by atoms with Crippen LogP contribution in [0.15, 0.2) is 42.5 Å². The van der Waals surface area contributed by atoms with Gasteiger partial charge in [0.2, 0.25) is 0 Å². The van der Waals surface area contributed by atoms with Crippen LogP contribution in [-0.2, 0) is 6.54 Å². The molecule has 0 radical (unpaired) electrons. The van der Waals surface area contributed by atoms with Crippen molar-refractivity contribution in [1.82, 2.24) is 0 Å². The first-order valence-corrected chi connectivity index (χ1v) is 6.01. The second-order valence-corrected chi connectivity index (χ2v) is 4.35. The lowest BCUT2D eigenvalue weighted by Crippen LogP contribution is -2.01. The van der Waals surface area contributed by atoms with Crippen molar-refractivity contribution >= 4 is 11.4 Å². The van der Waals surface area contributed by atoms with Gasteiger partial charge in [-0.1, -0.05) is 24.3 Å². The zero-order valence-electron chi connectivity index (χ0n) is 10.7. The fourth-order valence-electron chi connectivity index (χ4n) is 1.77. The smallest absolute Gasteiger partial charge is 0.274 e. The monoisotopic (exact) mass is 296 g/mol. The van der Waals surface area contributed by atoms with Gasteiger partial charge >= 0.3 is 0 Å². The molecular formula is C14H11F3N2O2. The van der Waals surface area contributed by atoms with Crippen molar-refractivity contribution in [3.8, 4) is 0 Å². The van der Waals surface area contributed by atoms with E-state index in [9.17, 15) is 23.3 Å². The Morgan fingerprint density at radius 1 is 1.14 bits per heavy atom. The number of hydrogen-bond donors (Lipinski definition) is 1. The van der Waals surface area contributed by atoms with Crippen LogP contribution in [0.3, 0.4) is 0 Å². The third-order valence-corrected chi connectivity index (χ3v) is 2.82. The summed E-state index contributed by atoms with van der Waals surface area (Å²) in [6.45, 7) is 0.240. The summed E-state index contributed by atoms with van der Waals surface area (Å²) in [7, 11) is 0. The maximum atomic E-state index is 13.2. The Morgan fingerprint density at radius 3 is 2.38 bits per heavy atom. The molecule has 0 aliphatic heterocycles. The van der Waals surface area contributed by atoms with E-state index in [0.29, 0.717) is 5.56 Å². The van der Waals surface area contributed by atoms with E-state index < -0.39 is 17.2 Å². The molecular weight excluding hydrogens is 285 g/mol. The number of nitrogens with zero attached hydrogens (tertiary/aromatic N) is 1. The Hall–Kier alpha value is -2.57. The number of nitrogens with one attached hydrogen (secondary N) is 1. The topological polar surface area (TPSA) is 55.2 Å². The summed E-state index contributed by atoms with van der Waals surface area (Å²) >= 11 is 0. The van der Waals surface area contributed by atoms with E-state index in [1.165, 1.54) is 30.3 Å². The number of anilines is 1. The molecule has 0 heterocycles. The predicted molar refractivity (Wildman–Crippen MR) is 71.8 cm³/mol. The van der Waals surface area contributed by atoms with Crippen LogP contribution in [0.2, 0.25) is 0 Å². The first-order chi connectivity index (χ1) is 9.95. The van der Waals surface area contributed by atoms with Gasteiger partial charge in [-0.2, -0.15) is 0 Å². The number of halogens is 3. The van der Waals surface area contributed by atoms with Crippen LogP contribution in [0.1, 0.15) is 17.6 Å². The Balaban J connectivity index is 2.07. The standard InChI is InChI=1S/C14H11F3N2O2/c15-11-5-12(7-13(6-11)19(20)21)18-8-9-1-3-10(4-2-9)14(16)17/h1-7,14,18H,8H2. The normalized spacial score (nSPS) is 10.7. The van der Waals surface area contributed by atoms with Crippen LogP contribution in [0.5, 0.6) is 0 Å². The van der Waals surface area contributed by atoms with Crippen molar-refractivity contribution in [2.75, 3.05) is 5.32 Å². The third-order valence-electron chi connectivity index (χ3n) is 2.82. The van der Waals surface area contributed by atoms with Gasteiger partial charge in [0.1, 0.15) is 5.82 Å². The molecule has 0 fully saturated rings. The van der Waals surface area contributed by atoms with E-state index in [1.54, 1.807) is 0 Å². The molecule has 2 aromatic rings. The number of hydrogen-bond acceptors (Lipinski definition) is 3. The average Bonchev–Trinajstić information content (AvgIpc) is 2.45. The molecule has 2 aromatic carbocycles. The highest BCUT2D eigenvalue weighted by Crippen LogP contribution is 2.22. The van der Waals surface area contributed by atoms with E-state index in [0.717, 1.165) is 12.1 Å². The summed E-state index contributed by atoms with van der Waals surface area (Å²) in [5.74, 6) is -0.722. The Morgan fingerprint density at radius 2 is 1.81 bits per heavy atom. The highest BCUT2D eigenvalue weighted by Gasteiger charge is 2.10. The summed E-state index contributed by atoms with van der Waals surface area (Å²) in [5.41, 5.74) is 0.511. The number of alkyl halides is 2. The molecule has 0 bridgehead atoms. The average molecular weight is 296 g/mol. The highest BCUT2D eigenvalue weighted by atomic mass is 19.3. The van der Waals surface area contributed by atoms with Gasteiger partial charge < -0.3 is 5.32 Å². The minimum Gasteiger partial charge on any atom is -0.381 e. The molecule has 0 unspecified atom stereocenters. The number of nitro benzene ring substituents is 1. The van der Waals surface area contributed by atoms with E-state index in [4.69, 9.17) is 0 Å². The summed E-state index contributed by atoms with van der Waals surface area (Å²) in [5, 5.41) is 13.4. The Bertz CT molecular complexity index is 645. The van der Waals surface area contributed by atoms with Crippen molar-refractivity contribution in [1.29, 1.82) is 0 Å². The minimum absolute atomic E-state index is 0.0832. The number of rotatable bonds is 5. The molecule has 0 aromatic heterocycles. The molecule has 0 spiro atoms. The van der Waals surface area contributed by atoms with E-state index in [2.05, 4.69) is 5.32 Å². The molecule has 0 atom stereocenters. The largest absolute Gasteiger partial charge is 0.381 e. The number of nitro groups is 1.